The van der Waals surface area contributed by atoms with Gasteiger partial charge >= 0.3 is 0 Å². The van der Waals surface area contributed by atoms with Gasteiger partial charge < -0.3 is 19.8 Å². The summed E-state index contributed by atoms with van der Waals surface area (Å²) in [4.78, 5) is 5.11. The van der Waals surface area contributed by atoms with Gasteiger partial charge in [-0.05, 0) is 48.6 Å². The highest BCUT2D eigenvalue weighted by Crippen LogP contribution is 2.33. The van der Waals surface area contributed by atoms with Crippen molar-refractivity contribution < 1.29 is 19.8 Å². The van der Waals surface area contributed by atoms with E-state index in [2.05, 4.69) is 17.3 Å². The molecule has 0 bridgehead atoms. The summed E-state index contributed by atoms with van der Waals surface area (Å²) in [6, 6.07) is 14.0. The SMILES string of the molecule is CCO/N=C(\C)c1ccc(Cc2cc(C3CC(O)CC(CO)O3)ccc2Cl)cc1. The van der Waals surface area contributed by atoms with Crippen LogP contribution >= 0.6 is 11.6 Å². The molecule has 2 aromatic rings. The Hall–Kier alpha value is -1.92. The number of rotatable bonds is 7. The van der Waals surface area contributed by atoms with Crippen LogP contribution in [0.1, 0.15) is 55.0 Å². The summed E-state index contributed by atoms with van der Waals surface area (Å²) in [5.74, 6) is 0. The molecule has 6 heteroatoms. The van der Waals surface area contributed by atoms with Gasteiger partial charge in [-0.2, -0.15) is 0 Å². The van der Waals surface area contributed by atoms with Crippen LogP contribution in [-0.4, -0.2) is 41.3 Å². The molecule has 1 heterocycles. The van der Waals surface area contributed by atoms with Crippen molar-refractivity contribution in [1.29, 1.82) is 0 Å². The van der Waals surface area contributed by atoms with Crippen molar-refractivity contribution in [2.75, 3.05) is 13.2 Å². The molecule has 0 aromatic heterocycles. The number of halogens is 1. The summed E-state index contributed by atoms with van der Waals surface area (Å²) in [6.45, 7) is 4.28. The fourth-order valence-electron chi connectivity index (χ4n) is 3.55. The topological polar surface area (TPSA) is 71.3 Å². The average Bonchev–Trinajstić information content (AvgIpc) is 2.73. The number of nitrogens with zero attached hydrogens (tertiary/aromatic N) is 1. The Morgan fingerprint density at radius 2 is 1.97 bits per heavy atom. The van der Waals surface area contributed by atoms with Crippen LogP contribution in [0.15, 0.2) is 47.6 Å². The van der Waals surface area contributed by atoms with Crippen LogP contribution < -0.4 is 0 Å². The second-order valence-electron chi connectivity index (χ2n) is 7.37. The third kappa shape index (κ3) is 5.80. The molecule has 0 spiro atoms. The first-order valence-corrected chi connectivity index (χ1v) is 10.4. The van der Waals surface area contributed by atoms with Crippen LogP contribution in [0.4, 0.5) is 0 Å². The van der Waals surface area contributed by atoms with E-state index in [1.54, 1.807) is 0 Å². The van der Waals surface area contributed by atoms with Crippen LogP contribution in [0.5, 0.6) is 0 Å². The van der Waals surface area contributed by atoms with Gasteiger partial charge in [0.05, 0.1) is 30.6 Å². The molecule has 1 aliphatic rings. The Bertz CT molecular complexity index is 837. The molecule has 0 amide bonds. The molecule has 0 saturated carbocycles. The summed E-state index contributed by atoms with van der Waals surface area (Å²) < 4.78 is 5.93. The summed E-state index contributed by atoms with van der Waals surface area (Å²) in [6.07, 6.45) is 0.618. The van der Waals surface area contributed by atoms with Crippen LogP contribution in [-0.2, 0) is 16.0 Å². The minimum Gasteiger partial charge on any atom is -0.396 e. The van der Waals surface area contributed by atoms with Crippen LogP contribution in [0.2, 0.25) is 5.02 Å². The minimum atomic E-state index is -0.473. The largest absolute Gasteiger partial charge is 0.396 e. The van der Waals surface area contributed by atoms with E-state index in [-0.39, 0.29) is 18.8 Å². The zero-order valence-electron chi connectivity index (χ0n) is 16.8. The van der Waals surface area contributed by atoms with Gasteiger partial charge in [-0.1, -0.05) is 53.2 Å². The molecule has 5 nitrogen and oxygen atoms in total. The number of hydrogen-bond donors (Lipinski definition) is 2. The van der Waals surface area contributed by atoms with E-state index in [0.29, 0.717) is 30.9 Å². The molecule has 156 valence electrons. The van der Waals surface area contributed by atoms with E-state index in [0.717, 1.165) is 28.0 Å². The van der Waals surface area contributed by atoms with Crippen molar-refractivity contribution in [1.82, 2.24) is 0 Å². The molecule has 2 aromatic carbocycles. The van der Waals surface area contributed by atoms with Crippen LogP contribution in [0, 0.1) is 0 Å². The Morgan fingerprint density at radius 1 is 1.21 bits per heavy atom. The quantitative estimate of drug-likeness (QED) is 0.521. The van der Waals surface area contributed by atoms with E-state index in [9.17, 15) is 10.2 Å². The molecular formula is C23H28ClNO4. The number of hydrogen-bond acceptors (Lipinski definition) is 5. The minimum absolute atomic E-state index is 0.0909. The van der Waals surface area contributed by atoms with Crippen LogP contribution in [0.25, 0.3) is 0 Å². The van der Waals surface area contributed by atoms with E-state index < -0.39 is 6.10 Å². The van der Waals surface area contributed by atoms with Gasteiger partial charge in [0.15, 0.2) is 0 Å². The fraction of sp³-hybridized carbons (Fsp3) is 0.435. The van der Waals surface area contributed by atoms with Crippen molar-refractivity contribution in [3.8, 4) is 0 Å². The monoisotopic (exact) mass is 417 g/mol. The number of oxime groups is 1. The fourth-order valence-corrected chi connectivity index (χ4v) is 3.74. The third-order valence-electron chi connectivity index (χ3n) is 5.12. The van der Waals surface area contributed by atoms with E-state index in [1.165, 1.54) is 0 Å². The highest BCUT2D eigenvalue weighted by Gasteiger charge is 2.29. The lowest BCUT2D eigenvalue weighted by atomic mass is 9.94. The number of aliphatic hydroxyl groups is 2. The standard InChI is InChI=1S/C23H28ClNO4/c1-3-28-25-15(2)17-6-4-16(5-7-17)10-19-11-18(8-9-22(19)24)23-13-20(27)12-21(14-26)29-23/h4-9,11,20-21,23,26-27H,3,10,12-14H2,1-2H3/b25-15+. The van der Waals surface area contributed by atoms with Crippen molar-refractivity contribution in [3.63, 3.8) is 0 Å². The zero-order valence-corrected chi connectivity index (χ0v) is 17.6. The Labute approximate surface area is 176 Å². The predicted octanol–water partition coefficient (Wildman–Crippen LogP) is 4.26. The van der Waals surface area contributed by atoms with Gasteiger partial charge in [0.25, 0.3) is 0 Å². The molecule has 1 aliphatic heterocycles. The van der Waals surface area contributed by atoms with Gasteiger partial charge in [0.1, 0.15) is 6.61 Å². The van der Waals surface area contributed by atoms with Crippen molar-refractivity contribution in [3.05, 3.63) is 69.7 Å². The smallest absolute Gasteiger partial charge is 0.114 e. The molecular weight excluding hydrogens is 390 g/mol. The molecule has 3 unspecified atom stereocenters. The second-order valence-corrected chi connectivity index (χ2v) is 7.78. The highest BCUT2D eigenvalue weighted by molar-refractivity contribution is 6.31. The first-order chi connectivity index (χ1) is 14.0. The van der Waals surface area contributed by atoms with E-state index in [4.69, 9.17) is 21.2 Å². The maximum Gasteiger partial charge on any atom is 0.114 e. The first kappa shape index (κ1) is 21.8. The van der Waals surface area contributed by atoms with Gasteiger partial charge in [0.2, 0.25) is 0 Å². The molecule has 29 heavy (non-hydrogen) atoms. The van der Waals surface area contributed by atoms with Gasteiger partial charge in [-0.25, -0.2) is 0 Å². The van der Waals surface area contributed by atoms with Gasteiger partial charge in [-0.3, -0.25) is 0 Å². The Kier molecular flexibility index (Phi) is 7.67. The Morgan fingerprint density at radius 3 is 2.66 bits per heavy atom. The number of ether oxygens (including phenoxy) is 1. The van der Waals surface area contributed by atoms with Crippen molar-refractivity contribution >= 4 is 17.3 Å². The summed E-state index contributed by atoms with van der Waals surface area (Å²) in [5, 5.41) is 24.3. The molecule has 2 N–H and O–H groups in total. The normalized spacial score (nSPS) is 22.5. The lowest BCUT2D eigenvalue weighted by molar-refractivity contribution is -0.113. The van der Waals surface area contributed by atoms with Crippen LogP contribution in [0.3, 0.4) is 0 Å². The van der Waals surface area contributed by atoms with E-state index >= 15 is 0 Å². The molecule has 1 fully saturated rings. The molecule has 0 aliphatic carbocycles. The van der Waals surface area contributed by atoms with Crippen molar-refractivity contribution in [2.45, 2.75) is 51.4 Å². The average molecular weight is 418 g/mol. The van der Waals surface area contributed by atoms with Gasteiger partial charge in [-0.15, -0.1) is 0 Å². The molecule has 3 atom stereocenters. The molecule has 1 saturated heterocycles. The lowest BCUT2D eigenvalue weighted by Gasteiger charge is -2.32. The zero-order chi connectivity index (χ0) is 20.8. The number of aliphatic hydroxyl groups excluding tert-OH is 2. The lowest BCUT2D eigenvalue weighted by Crippen LogP contribution is -2.33. The second kappa shape index (κ2) is 10.2. The summed E-state index contributed by atoms with van der Waals surface area (Å²) >= 11 is 6.44. The highest BCUT2D eigenvalue weighted by atomic mass is 35.5. The maximum absolute atomic E-state index is 10.1. The Balaban J connectivity index is 1.75. The molecule has 0 radical (unpaired) electrons. The number of benzene rings is 2. The summed E-state index contributed by atoms with van der Waals surface area (Å²) in [7, 11) is 0. The summed E-state index contributed by atoms with van der Waals surface area (Å²) in [5.41, 5.74) is 4.96. The predicted molar refractivity (Wildman–Crippen MR) is 114 cm³/mol. The molecule has 3 rings (SSSR count). The van der Waals surface area contributed by atoms with Crippen molar-refractivity contribution in [2.24, 2.45) is 5.16 Å². The third-order valence-corrected chi connectivity index (χ3v) is 5.49. The maximum atomic E-state index is 10.1. The van der Waals surface area contributed by atoms with Gasteiger partial charge in [0, 0.05) is 17.9 Å². The first-order valence-electron chi connectivity index (χ1n) is 9.98. The van der Waals surface area contributed by atoms with E-state index in [1.807, 2.05) is 44.2 Å².